The Kier molecular flexibility index (Phi) is 8.47. The molecule has 8 heteroatoms. The number of halogens is 1. The van der Waals surface area contributed by atoms with Crippen molar-refractivity contribution in [2.24, 2.45) is 0 Å². The van der Waals surface area contributed by atoms with E-state index in [1.807, 2.05) is 55.5 Å². The van der Waals surface area contributed by atoms with Crippen LogP contribution in [0, 0.1) is 5.82 Å². The van der Waals surface area contributed by atoms with E-state index >= 15 is 0 Å². The summed E-state index contributed by atoms with van der Waals surface area (Å²) in [7, 11) is 1.61. The van der Waals surface area contributed by atoms with Crippen molar-refractivity contribution >= 4 is 52.1 Å². The number of rotatable bonds is 8. The normalized spacial score (nSPS) is 11.3. The molecule has 0 saturated heterocycles. The Morgan fingerprint density at radius 1 is 1.00 bits per heavy atom. The first-order valence-corrected chi connectivity index (χ1v) is 11.3. The third-order valence-electron chi connectivity index (χ3n) is 4.50. The summed E-state index contributed by atoms with van der Waals surface area (Å²) in [5, 5.41) is 9.26. The SMILES string of the molecule is CCC(Sc1cccc(NC(=S)Nc2ccccc2OC)c1)C(=O)Nc1ccc(F)cc1. The molecule has 1 atom stereocenters. The molecule has 166 valence electrons. The van der Waals surface area contributed by atoms with Gasteiger partial charge in [-0.1, -0.05) is 25.1 Å². The van der Waals surface area contributed by atoms with Crippen molar-refractivity contribution in [2.75, 3.05) is 23.1 Å². The number of hydrogen-bond acceptors (Lipinski definition) is 4. The lowest BCUT2D eigenvalue weighted by Crippen LogP contribution is -2.24. The first kappa shape index (κ1) is 23.6. The molecule has 32 heavy (non-hydrogen) atoms. The van der Waals surface area contributed by atoms with Crippen LogP contribution in [0.4, 0.5) is 21.5 Å². The van der Waals surface area contributed by atoms with Gasteiger partial charge in [-0.15, -0.1) is 11.8 Å². The molecule has 0 fully saturated rings. The molecule has 0 aromatic heterocycles. The topological polar surface area (TPSA) is 62.4 Å². The highest BCUT2D eigenvalue weighted by Gasteiger charge is 2.18. The molecule has 5 nitrogen and oxygen atoms in total. The van der Waals surface area contributed by atoms with Crippen LogP contribution >= 0.6 is 24.0 Å². The van der Waals surface area contributed by atoms with Crippen LogP contribution in [-0.2, 0) is 4.79 Å². The molecule has 0 aliphatic carbocycles. The standard InChI is InChI=1S/C24H24FN3O2S2/c1-3-22(23(29)26-17-13-11-16(25)12-14-17)32-19-8-6-7-18(15-19)27-24(31)28-20-9-4-5-10-21(20)30-2/h4-15,22H,3H2,1-2H3,(H,26,29)(H2,27,28,31). The first-order chi connectivity index (χ1) is 15.5. The number of carbonyl (C=O) groups excluding carboxylic acids is 1. The van der Waals surface area contributed by atoms with Gasteiger partial charge in [0.15, 0.2) is 5.11 Å². The van der Waals surface area contributed by atoms with E-state index in [9.17, 15) is 9.18 Å². The van der Waals surface area contributed by atoms with Crippen molar-refractivity contribution in [3.63, 3.8) is 0 Å². The average Bonchev–Trinajstić information content (AvgIpc) is 2.79. The smallest absolute Gasteiger partial charge is 0.237 e. The first-order valence-electron chi connectivity index (χ1n) is 10.0. The summed E-state index contributed by atoms with van der Waals surface area (Å²) in [5.74, 6) is 0.224. The number of anilines is 3. The van der Waals surface area contributed by atoms with Crippen molar-refractivity contribution in [1.82, 2.24) is 0 Å². The number of methoxy groups -OCH3 is 1. The number of amides is 1. The predicted molar refractivity (Wildman–Crippen MR) is 134 cm³/mol. The molecule has 0 saturated carbocycles. The molecule has 3 aromatic rings. The highest BCUT2D eigenvalue weighted by Crippen LogP contribution is 2.29. The van der Waals surface area contributed by atoms with E-state index in [-0.39, 0.29) is 17.0 Å². The third kappa shape index (κ3) is 6.70. The zero-order valence-electron chi connectivity index (χ0n) is 17.7. The Morgan fingerprint density at radius 2 is 1.75 bits per heavy atom. The Morgan fingerprint density at radius 3 is 2.47 bits per heavy atom. The molecule has 0 aliphatic heterocycles. The van der Waals surface area contributed by atoms with Crippen molar-refractivity contribution in [3.05, 3.63) is 78.6 Å². The van der Waals surface area contributed by atoms with E-state index in [4.69, 9.17) is 17.0 Å². The summed E-state index contributed by atoms with van der Waals surface area (Å²) in [6.45, 7) is 1.95. The second kappa shape index (κ2) is 11.5. The Hall–Kier alpha value is -3.10. The zero-order valence-corrected chi connectivity index (χ0v) is 19.4. The Labute approximate surface area is 196 Å². The summed E-state index contributed by atoms with van der Waals surface area (Å²) in [6, 6.07) is 20.9. The molecule has 3 aromatic carbocycles. The minimum absolute atomic E-state index is 0.129. The maximum Gasteiger partial charge on any atom is 0.237 e. The van der Waals surface area contributed by atoms with Gasteiger partial charge in [0, 0.05) is 16.3 Å². The minimum Gasteiger partial charge on any atom is -0.495 e. The summed E-state index contributed by atoms with van der Waals surface area (Å²) in [5.41, 5.74) is 2.14. The van der Waals surface area contributed by atoms with Crippen molar-refractivity contribution < 1.29 is 13.9 Å². The molecular weight excluding hydrogens is 445 g/mol. The molecule has 3 N–H and O–H groups in total. The molecular formula is C24H24FN3O2S2. The second-order valence-corrected chi connectivity index (χ2v) is 8.50. The molecule has 3 rings (SSSR count). The number of thioether (sulfide) groups is 1. The van der Waals surface area contributed by atoms with Crippen molar-refractivity contribution in [1.29, 1.82) is 0 Å². The maximum absolute atomic E-state index is 13.1. The van der Waals surface area contributed by atoms with E-state index < -0.39 is 0 Å². The predicted octanol–water partition coefficient (Wildman–Crippen LogP) is 6.15. The van der Waals surface area contributed by atoms with Crippen LogP contribution in [0.25, 0.3) is 0 Å². The minimum atomic E-state index is -0.341. The van der Waals surface area contributed by atoms with Gasteiger partial charge < -0.3 is 20.7 Å². The van der Waals surface area contributed by atoms with Gasteiger partial charge >= 0.3 is 0 Å². The maximum atomic E-state index is 13.1. The molecule has 0 heterocycles. The molecule has 1 amide bonds. The number of carbonyl (C=O) groups is 1. The fourth-order valence-corrected chi connectivity index (χ4v) is 4.16. The van der Waals surface area contributed by atoms with Crippen LogP contribution in [0.2, 0.25) is 0 Å². The molecule has 0 radical (unpaired) electrons. The fraction of sp³-hybridized carbons (Fsp3) is 0.167. The summed E-state index contributed by atoms with van der Waals surface area (Å²) in [6.07, 6.45) is 0.642. The number of hydrogen-bond donors (Lipinski definition) is 3. The Bertz CT molecular complexity index is 1080. The van der Waals surface area contributed by atoms with Gasteiger partial charge in [0.1, 0.15) is 11.6 Å². The van der Waals surface area contributed by atoms with Crippen LogP contribution in [0.5, 0.6) is 5.75 Å². The second-order valence-electron chi connectivity index (χ2n) is 6.82. The largest absolute Gasteiger partial charge is 0.495 e. The lowest BCUT2D eigenvalue weighted by molar-refractivity contribution is -0.115. The molecule has 0 spiro atoms. The van der Waals surface area contributed by atoms with Crippen LogP contribution in [0.1, 0.15) is 13.3 Å². The van der Waals surface area contributed by atoms with Gasteiger partial charge in [-0.25, -0.2) is 4.39 Å². The van der Waals surface area contributed by atoms with E-state index in [0.717, 1.165) is 16.3 Å². The van der Waals surface area contributed by atoms with Gasteiger partial charge in [-0.05, 0) is 73.2 Å². The van der Waals surface area contributed by atoms with E-state index in [0.29, 0.717) is 23.0 Å². The van der Waals surface area contributed by atoms with Crippen LogP contribution in [0.3, 0.4) is 0 Å². The van der Waals surface area contributed by atoms with E-state index in [2.05, 4.69) is 16.0 Å². The van der Waals surface area contributed by atoms with E-state index in [1.54, 1.807) is 19.2 Å². The van der Waals surface area contributed by atoms with E-state index in [1.165, 1.54) is 23.9 Å². The Balaban J connectivity index is 1.62. The fourth-order valence-electron chi connectivity index (χ4n) is 2.92. The van der Waals surface area contributed by atoms with Gasteiger partial charge in [-0.3, -0.25) is 4.79 Å². The van der Waals surface area contributed by atoms with Crippen molar-refractivity contribution in [3.8, 4) is 5.75 Å². The van der Waals surface area contributed by atoms with Gasteiger partial charge in [0.2, 0.25) is 5.91 Å². The third-order valence-corrected chi connectivity index (χ3v) is 6.06. The number of thiocarbonyl (C=S) groups is 1. The zero-order chi connectivity index (χ0) is 22.9. The molecule has 0 aliphatic rings. The quantitative estimate of drug-likeness (QED) is 0.272. The lowest BCUT2D eigenvalue weighted by atomic mass is 10.2. The monoisotopic (exact) mass is 469 g/mol. The number of benzene rings is 3. The van der Waals surface area contributed by atoms with Gasteiger partial charge in [0.05, 0.1) is 18.0 Å². The highest BCUT2D eigenvalue weighted by molar-refractivity contribution is 8.00. The van der Waals surface area contributed by atoms with Gasteiger partial charge in [0.25, 0.3) is 0 Å². The summed E-state index contributed by atoms with van der Waals surface area (Å²) < 4.78 is 18.4. The number of nitrogens with one attached hydrogen (secondary N) is 3. The van der Waals surface area contributed by atoms with Gasteiger partial charge in [-0.2, -0.15) is 0 Å². The summed E-state index contributed by atoms with van der Waals surface area (Å²) >= 11 is 6.89. The number of ether oxygens (including phenoxy) is 1. The van der Waals surface area contributed by atoms with Crippen molar-refractivity contribution in [2.45, 2.75) is 23.5 Å². The van der Waals surface area contributed by atoms with Crippen LogP contribution in [-0.4, -0.2) is 23.4 Å². The molecule has 1 unspecified atom stereocenters. The lowest BCUT2D eigenvalue weighted by Gasteiger charge is -2.16. The highest BCUT2D eigenvalue weighted by atomic mass is 32.2. The average molecular weight is 470 g/mol. The van der Waals surface area contributed by atoms with Crippen LogP contribution < -0.4 is 20.7 Å². The van der Waals surface area contributed by atoms with Crippen LogP contribution in [0.15, 0.2) is 77.7 Å². The molecule has 0 bridgehead atoms. The summed E-state index contributed by atoms with van der Waals surface area (Å²) in [4.78, 5) is 13.6. The number of para-hydroxylation sites is 2.